The first kappa shape index (κ1) is 14.8. The van der Waals surface area contributed by atoms with E-state index in [0.717, 1.165) is 4.90 Å². The fraction of sp³-hybridized carbons (Fsp3) is 0.545. The number of β-lactam (4-membered cyclic amide) rings is 1. The molecular formula is C11H14N2O6S. The number of carbonyl (C=O) groups excluding carboxylic acids is 2. The molecule has 1 amide bonds. The second-order valence-corrected chi connectivity index (χ2v) is 5.40. The van der Waals surface area contributed by atoms with E-state index in [0.29, 0.717) is 0 Å². The number of ether oxygens (including phenoxy) is 2. The Morgan fingerprint density at radius 2 is 2.20 bits per heavy atom. The third-order valence-corrected chi connectivity index (χ3v) is 4.34. The lowest BCUT2D eigenvalue weighted by Crippen LogP contribution is -2.68. The minimum Gasteiger partial charge on any atom is -0.477 e. The van der Waals surface area contributed by atoms with Crippen LogP contribution < -0.4 is 5.73 Å². The molecule has 3 N–H and O–H groups in total. The molecule has 0 aromatic rings. The molecule has 3 atom stereocenters. The van der Waals surface area contributed by atoms with E-state index in [1.165, 1.54) is 25.8 Å². The van der Waals surface area contributed by atoms with Crippen LogP contribution in [-0.2, 0) is 23.9 Å². The van der Waals surface area contributed by atoms with Crippen LogP contribution >= 0.6 is 11.8 Å². The van der Waals surface area contributed by atoms with Gasteiger partial charge in [0.1, 0.15) is 17.1 Å². The molecule has 0 spiro atoms. The minimum atomic E-state index is -1.28. The topological polar surface area (TPSA) is 119 Å². The van der Waals surface area contributed by atoms with Crippen molar-refractivity contribution in [2.75, 3.05) is 12.9 Å². The molecule has 0 bridgehead atoms. The van der Waals surface area contributed by atoms with Gasteiger partial charge >= 0.3 is 11.9 Å². The van der Waals surface area contributed by atoms with Crippen LogP contribution in [-0.4, -0.2) is 58.4 Å². The minimum absolute atomic E-state index is 0.214. The number of aliphatic carboxylic acids is 1. The van der Waals surface area contributed by atoms with Gasteiger partial charge in [-0.15, -0.1) is 11.8 Å². The maximum Gasteiger partial charge on any atom is 0.352 e. The van der Waals surface area contributed by atoms with Crippen LogP contribution in [0.3, 0.4) is 0 Å². The number of carbonyl (C=O) groups is 3. The molecule has 9 heteroatoms. The number of carboxylic acid groups (broad SMARTS) is 1. The Morgan fingerprint density at radius 1 is 1.55 bits per heavy atom. The summed E-state index contributed by atoms with van der Waals surface area (Å²) in [5.41, 5.74) is 5.65. The quantitative estimate of drug-likeness (QED) is 0.390. The predicted molar refractivity (Wildman–Crippen MR) is 68.3 cm³/mol. The smallest absolute Gasteiger partial charge is 0.352 e. The molecule has 2 aliphatic heterocycles. The van der Waals surface area contributed by atoms with Crippen molar-refractivity contribution in [2.24, 2.45) is 5.73 Å². The van der Waals surface area contributed by atoms with Crippen molar-refractivity contribution in [3.8, 4) is 0 Å². The summed E-state index contributed by atoms with van der Waals surface area (Å²) in [4.78, 5) is 35.3. The summed E-state index contributed by atoms with van der Waals surface area (Å²) in [6.45, 7) is 1.19. The van der Waals surface area contributed by atoms with Crippen molar-refractivity contribution in [3.05, 3.63) is 11.3 Å². The average molecular weight is 302 g/mol. The lowest BCUT2D eigenvalue weighted by atomic mass is 10.0. The van der Waals surface area contributed by atoms with Gasteiger partial charge in [0.2, 0.25) is 12.2 Å². The number of amides is 1. The zero-order valence-electron chi connectivity index (χ0n) is 10.9. The molecule has 1 unspecified atom stereocenters. The van der Waals surface area contributed by atoms with E-state index in [4.69, 9.17) is 15.2 Å². The summed E-state index contributed by atoms with van der Waals surface area (Å²) in [7, 11) is 1.29. The van der Waals surface area contributed by atoms with Gasteiger partial charge in [0.15, 0.2) is 0 Å². The first-order valence-corrected chi connectivity index (χ1v) is 6.80. The molecule has 0 aromatic heterocycles. The highest BCUT2D eigenvalue weighted by Crippen LogP contribution is 2.40. The number of nitrogens with zero attached hydrogens (tertiary/aromatic N) is 1. The van der Waals surface area contributed by atoms with E-state index >= 15 is 0 Å². The summed E-state index contributed by atoms with van der Waals surface area (Å²) in [5.74, 6) is -2.09. The van der Waals surface area contributed by atoms with E-state index in [1.807, 2.05) is 0 Å². The largest absolute Gasteiger partial charge is 0.477 e. The Kier molecular flexibility index (Phi) is 4.02. The third-order valence-electron chi connectivity index (χ3n) is 3.01. The van der Waals surface area contributed by atoms with Gasteiger partial charge in [-0.3, -0.25) is 14.5 Å². The molecule has 0 saturated carbocycles. The number of carboxylic acids is 1. The van der Waals surface area contributed by atoms with Crippen LogP contribution in [0, 0.1) is 0 Å². The summed E-state index contributed by atoms with van der Waals surface area (Å²) in [5, 5.41) is 8.92. The zero-order chi connectivity index (χ0) is 15.0. The molecule has 2 rings (SSSR count). The molecule has 20 heavy (non-hydrogen) atoms. The van der Waals surface area contributed by atoms with Crippen molar-refractivity contribution >= 4 is 29.6 Å². The Morgan fingerprint density at radius 3 is 2.70 bits per heavy atom. The Hall–Kier alpha value is -1.58. The number of thioether (sulfide) groups is 1. The fourth-order valence-electron chi connectivity index (χ4n) is 2.13. The van der Waals surface area contributed by atoms with E-state index in [1.54, 1.807) is 0 Å². The highest BCUT2D eigenvalue weighted by atomic mass is 32.2. The normalized spacial score (nSPS) is 26.8. The predicted octanol–water partition coefficient (Wildman–Crippen LogP) is -0.897. The molecule has 2 heterocycles. The summed E-state index contributed by atoms with van der Waals surface area (Å²) < 4.78 is 9.93. The van der Waals surface area contributed by atoms with Gasteiger partial charge in [-0.05, 0) is 0 Å². The van der Waals surface area contributed by atoms with E-state index < -0.39 is 35.6 Å². The second kappa shape index (κ2) is 5.43. The maximum atomic E-state index is 11.7. The van der Waals surface area contributed by atoms with Crippen LogP contribution in [0.5, 0.6) is 0 Å². The number of rotatable bonds is 4. The van der Waals surface area contributed by atoms with Gasteiger partial charge in [0.25, 0.3) is 0 Å². The van der Waals surface area contributed by atoms with E-state index in [2.05, 4.69) is 0 Å². The van der Waals surface area contributed by atoms with E-state index in [-0.39, 0.29) is 17.0 Å². The summed E-state index contributed by atoms with van der Waals surface area (Å²) in [6, 6.07) is -0.703. The second-order valence-electron chi connectivity index (χ2n) is 4.29. The van der Waals surface area contributed by atoms with Gasteiger partial charge in [0.05, 0.1) is 0 Å². The Balaban J connectivity index is 2.39. The highest BCUT2D eigenvalue weighted by molar-refractivity contribution is 8.00. The molecule has 110 valence electrons. The van der Waals surface area contributed by atoms with Crippen LogP contribution in [0.4, 0.5) is 0 Å². The molecule has 0 aromatic carbocycles. The molecule has 1 saturated heterocycles. The molecule has 0 aliphatic carbocycles. The molecule has 2 aliphatic rings. The first-order valence-electron chi connectivity index (χ1n) is 5.75. The fourth-order valence-corrected chi connectivity index (χ4v) is 3.44. The first-order chi connectivity index (χ1) is 9.38. The molecule has 8 nitrogen and oxygen atoms in total. The monoisotopic (exact) mass is 302 g/mol. The number of methoxy groups -OCH3 is 1. The molecular weight excluding hydrogens is 288 g/mol. The average Bonchev–Trinajstić information content (AvgIpc) is 2.41. The highest BCUT2D eigenvalue weighted by Gasteiger charge is 2.52. The summed E-state index contributed by atoms with van der Waals surface area (Å²) >= 11 is 1.31. The Labute approximate surface area is 118 Å². The third kappa shape index (κ3) is 2.28. The van der Waals surface area contributed by atoms with Crippen LogP contribution in [0.15, 0.2) is 11.3 Å². The van der Waals surface area contributed by atoms with Gasteiger partial charge in [-0.25, -0.2) is 4.79 Å². The molecule has 1 fully saturated rings. The standard InChI is InChI=1S/C11H14N2O6S/c1-4(14)19-11(18-2)5-3-20-9-6(12)8(15)13(9)7(5)10(16)17/h6,9,11H,3,12H2,1-2H3,(H,16,17)/t6-,9-,11?/m1/s1. The summed E-state index contributed by atoms with van der Waals surface area (Å²) in [6.07, 6.45) is -1.13. The Bertz CT molecular complexity index is 505. The SMILES string of the molecule is COC(OC(C)=O)C1=C(C(=O)O)N2C(=O)[C@@H](N)[C@H]2SC1. The van der Waals surface area contributed by atoms with Gasteiger partial charge in [-0.1, -0.05) is 0 Å². The zero-order valence-corrected chi connectivity index (χ0v) is 11.7. The van der Waals surface area contributed by atoms with Crippen LogP contribution in [0.25, 0.3) is 0 Å². The van der Waals surface area contributed by atoms with Gasteiger partial charge in [0, 0.05) is 25.4 Å². The lowest BCUT2D eigenvalue weighted by Gasteiger charge is -2.48. The number of hydrogen-bond donors (Lipinski definition) is 2. The van der Waals surface area contributed by atoms with Crippen molar-refractivity contribution in [2.45, 2.75) is 24.6 Å². The number of hydrogen-bond acceptors (Lipinski definition) is 7. The van der Waals surface area contributed by atoms with Crippen molar-refractivity contribution in [1.82, 2.24) is 4.90 Å². The van der Waals surface area contributed by atoms with E-state index in [9.17, 15) is 19.5 Å². The maximum absolute atomic E-state index is 11.7. The number of fused-ring (bicyclic) bond motifs is 1. The van der Waals surface area contributed by atoms with Gasteiger partial charge < -0.3 is 20.3 Å². The molecule has 0 radical (unpaired) electrons. The van der Waals surface area contributed by atoms with Crippen molar-refractivity contribution in [3.63, 3.8) is 0 Å². The number of nitrogens with two attached hydrogens (primary N) is 1. The van der Waals surface area contributed by atoms with Gasteiger partial charge in [-0.2, -0.15) is 0 Å². The lowest BCUT2D eigenvalue weighted by molar-refractivity contribution is -0.165. The number of esters is 1. The van der Waals surface area contributed by atoms with Crippen molar-refractivity contribution in [1.29, 1.82) is 0 Å². The van der Waals surface area contributed by atoms with Crippen LogP contribution in [0.2, 0.25) is 0 Å². The van der Waals surface area contributed by atoms with Crippen molar-refractivity contribution < 1.29 is 29.0 Å². The van der Waals surface area contributed by atoms with Crippen LogP contribution in [0.1, 0.15) is 6.92 Å².